The molecule has 39 nitrogen and oxygen atoms in total. The number of aliphatic hydroxyl groups excluding tert-OH is 1. The largest absolute Gasteiger partial charge is 0.508 e. The van der Waals surface area contributed by atoms with Crippen LogP contribution in [0.15, 0.2) is 134 Å². The summed E-state index contributed by atoms with van der Waals surface area (Å²) in [4.78, 5) is 258. The first-order chi connectivity index (χ1) is 63.8. The molecule has 14 atom stereocenters. The molecule has 5 aromatic carbocycles. The van der Waals surface area contributed by atoms with Crippen LogP contribution in [0.2, 0.25) is 0 Å². The van der Waals surface area contributed by atoms with E-state index in [1.54, 1.807) is 98.0 Å². The van der Waals surface area contributed by atoms with Gasteiger partial charge in [-0.05, 0) is 96.3 Å². The number of nitrogens with zero attached hydrogens (tertiary/aromatic N) is 5. The molecule has 1 aromatic heterocycles. The minimum atomic E-state index is -2.05. The predicted octanol–water partition coefficient (Wildman–Crippen LogP) is -0.514. The summed E-state index contributed by atoms with van der Waals surface area (Å²) in [5, 5.41) is 66.1. The highest BCUT2D eigenvalue weighted by molar-refractivity contribution is 8.00. The van der Waals surface area contributed by atoms with Gasteiger partial charge in [-0.15, -0.1) is 11.8 Å². The number of aromatic hydroxyl groups is 1. The number of nitrogens with one attached hydrogen (secondary N) is 10. The molecule has 0 bridgehead atoms. The molecule has 0 aliphatic carbocycles. The number of likely N-dealkylation sites (N-methyl/N-ethyl adjacent to an activating group) is 3. The number of fused-ring (bicyclic) bond motifs is 3. The molecule has 722 valence electrons. The lowest BCUT2D eigenvalue weighted by atomic mass is 9.98. The molecular weight excluding hydrogens is 1770 g/mol. The molecule has 42 heteroatoms. The van der Waals surface area contributed by atoms with Crippen molar-refractivity contribution in [3.63, 3.8) is 0 Å². The lowest BCUT2D eigenvalue weighted by molar-refractivity contribution is -0.152. The van der Waals surface area contributed by atoms with E-state index >= 15 is 47.5 Å². The second kappa shape index (κ2) is 49.8. The molecule has 134 heavy (non-hydrogen) atoms. The van der Waals surface area contributed by atoms with E-state index in [9.17, 15) is 63.2 Å². The number of morpholine rings is 1. The summed E-state index contributed by atoms with van der Waals surface area (Å²) in [6.45, 7) is 2.20. The Labute approximate surface area is 775 Å². The van der Waals surface area contributed by atoms with E-state index in [1.807, 2.05) is 0 Å². The van der Waals surface area contributed by atoms with Gasteiger partial charge in [0, 0.05) is 102 Å². The highest BCUT2D eigenvalue weighted by Crippen LogP contribution is 2.28. The number of aromatic amines is 1. The number of carbonyl (C=O) groups excluding carboxylic acids is 15. The monoisotopic (exact) mass is 1880 g/mol. The Morgan fingerprint density at radius 2 is 1.11 bits per heavy atom. The molecule has 3 saturated heterocycles. The van der Waals surface area contributed by atoms with Gasteiger partial charge in [0.25, 0.3) is 0 Å². The van der Waals surface area contributed by atoms with Gasteiger partial charge in [0.1, 0.15) is 84.3 Å². The second-order valence-electron chi connectivity index (χ2n) is 33.7. The number of primary amides is 1. The molecule has 0 spiro atoms. The number of phenols is 1. The second-order valence-corrected chi connectivity index (χ2v) is 34.7. The molecule has 9 rings (SSSR count). The number of H-pyrrole nitrogens is 1. The number of aromatic nitrogens is 1. The Hall–Kier alpha value is -13.5. The number of hydrogen-bond donors (Lipinski definition) is 16. The Balaban J connectivity index is 1.14. The van der Waals surface area contributed by atoms with Gasteiger partial charge in [-0.3, -0.25) is 81.5 Å². The third-order valence-electron chi connectivity index (χ3n) is 23.5. The number of aliphatic hydroxyl groups is 1. The van der Waals surface area contributed by atoms with Crippen LogP contribution in [0.25, 0.3) is 10.9 Å². The Morgan fingerprint density at radius 3 is 1.75 bits per heavy atom. The molecule has 0 radical (unpaired) electrons. The maximum atomic E-state index is 15.7. The zero-order chi connectivity index (χ0) is 97.7. The lowest BCUT2D eigenvalue weighted by Gasteiger charge is -2.38. The van der Waals surface area contributed by atoms with Gasteiger partial charge < -0.3 is 114 Å². The van der Waals surface area contributed by atoms with Crippen LogP contribution in [0.5, 0.6) is 5.75 Å². The van der Waals surface area contributed by atoms with Crippen LogP contribution in [0.3, 0.4) is 0 Å². The smallest absolute Gasteiger partial charge is 0.305 e. The zero-order valence-electron chi connectivity index (χ0n) is 75.1. The van der Waals surface area contributed by atoms with Crippen LogP contribution < -0.4 is 59.3 Å². The van der Waals surface area contributed by atoms with Crippen LogP contribution in [0.1, 0.15) is 106 Å². The number of aliphatic carboxylic acids is 2. The van der Waals surface area contributed by atoms with Gasteiger partial charge in [-0.1, -0.05) is 131 Å². The normalized spacial score (nSPS) is 24.1. The highest BCUT2D eigenvalue weighted by Gasteiger charge is 2.48. The fourth-order valence-corrected chi connectivity index (χ4v) is 16.9. The number of thioether (sulfide) groups is 1. The summed E-state index contributed by atoms with van der Waals surface area (Å²) >= 11 is 0.688. The number of carbonyl (C=O) groups is 17. The van der Waals surface area contributed by atoms with E-state index < -0.39 is 272 Å². The maximum Gasteiger partial charge on any atom is 0.305 e. The van der Waals surface area contributed by atoms with Gasteiger partial charge in [0.05, 0.1) is 38.0 Å². The minimum absolute atomic E-state index is 0.0214. The average Bonchev–Trinajstić information content (AvgIpc) is 1.44. The number of amides is 15. The third-order valence-corrected chi connectivity index (χ3v) is 24.5. The molecule has 0 unspecified atom stereocenters. The maximum absolute atomic E-state index is 15.7. The highest BCUT2D eigenvalue weighted by atomic mass is 32.2. The van der Waals surface area contributed by atoms with Crippen molar-refractivity contribution in [3.8, 4) is 5.75 Å². The number of carboxylic acid groups (broad SMARTS) is 2. The number of para-hydroxylation sites is 1. The number of hydrogen-bond acceptors (Lipinski definition) is 22. The topological polar surface area (TPSA) is 573 Å². The first-order valence-electron chi connectivity index (χ1n) is 44.1. The number of ether oxygens (including phenoxy) is 1. The van der Waals surface area contributed by atoms with Gasteiger partial charge in [-0.2, -0.15) is 0 Å². The van der Waals surface area contributed by atoms with Crippen molar-refractivity contribution in [2.24, 2.45) is 17.4 Å². The summed E-state index contributed by atoms with van der Waals surface area (Å²) in [6, 6.07) is 9.30. The summed E-state index contributed by atoms with van der Waals surface area (Å²) in [7, 11) is 3.67. The van der Waals surface area contributed by atoms with E-state index in [4.69, 9.17) is 16.2 Å². The first kappa shape index (κ1) is 104. The quantitative estimate of drug-likeness (QED) is 0.0343. The fourth-order valence-electron chi connectivity index (χ4n) is 16.1. The van der Waals surface area contributed by atoms with Crippen molar-refractivity contribution in [1.82, 2.24) is 77.3 Å². The van der Waals surface area contributed by atoms with Crippen LogP contribution in [-0.2, 0) is 118 Å². The number of halogens is 2. The molecule has 6 aromatic rings. The summed E-state index contributed by atoms with van der Waals surface area (Å²) in [5.41, 5.74) is 13.7. The standard InChI is InChI=1S/C92H117F2N17O22S/c1-7-8-25-70-91(131)111-47-58(113)43-72(111)86(126)104-67(44-78(118)119)84(124)106-79(51(2)3)92(132)108(5)71(40-52-18-11-9-12-19-52)85(125)101-64(32-33-77(116)117)89(129)110-35-36-133-48-74(110)87(127)103-66(42-56-45-97-62-23-16-15-22-59(56)62)83(123)102-65(38-54-26-29-57(112)30-27-54)82(122)100-63(24-17-34-95)81(121)105-69(80(120)98-46-75(96)114)49-134-50-76(115)99-68(39-55-28-31-60(93)61(94)37-55)88(128)109(6)73(90(130)107(70)4)41-53-20-13-10-14-21-53/h9-16,18-23,26-31,37,45,51,58,63-74,79,97,112-113H,7-8,17,24-25,32-36,38-44,46-50,95H2,1-6H3,(H2,96,114)(H,98,120)(H,99,115)(H,100,122)(H,101,125)(H,102,123)(H,103,127)(H,104,126)(H,105,121)(H,106,124)(H,116,117)(H,118,119)/t58-,63-,64-,65-,66-,67-,68-,69-,70-,71-,72+,73-,74+,79-/m0/s1. The summed E-state index contributed by atoms with van der Waals surface area (Å²) in [5.74, 6) is -23.5. The van der Waals surface area contributed by atoms with Crippen molar-refractivity contribution in [1.29, 1.82) is 0 Å². The molecule has 3 aliphatic heterocycles. The van der Waals surface area contributed by atoms with Gasteiger partial charge in [-0.25, -0.2) is 8.78 Å². The number of unbranched alkanes of at least 4 members (excludes halogenated alkanes) is 1. The predicted molar refractivity (Wildman–Crippen MR) is 483 cm³/mol. The first-order valence-corrected chi connectivity index (χ1v) is 45.2. The van der Waals surface area contributed by atoms with Crippen molar-refractivity contribution in [2.45, 2.75) is 195 Å². The van der Waals surface area contributed by atoms with Crippen molar-refractivity contribution in [3.05, 3.63) is 173 Å². The van der Waals surface area contributed by atoms with Crippen LogP contribution in [0.4, 0.5) is 8.78 Å². The number of carboxylic acids is 2. The average molecular weight is 1880 g/mol. The van der Waals surface area contributed by atoms with E-state index in [0.29, 0.717) is 51.3 Å². The minimum Gasteiger partial charge on any atom is -0.508 e. The third kappa shape index (κ3) is 29.3. The fraction of sp³-hybridized carbons (Fsp3) is 0.467. The molecule has 4 heterocycles. The molecule has 3 aliphatic rings. The Kier molecular flexibility index (Phi) is 38.8. The number of phenolic OH excluding ortho intramolecular Hbond substituents is 1. The van der Waals surface area contributed by atoms with Gasteiger partial charge >= 0.3 is 11.9 Å². The summed E-state index contributed by atoms with van der Waals surface area (Å²) < 4.78 is 35.6. The molecule has 18 N–H and O–H groups in total. The zero-order valence-corrected chi connectivity index (χ0v) is 75.9. The van der Waals surface area contributed by atoms with E-state index in [0.717, 1.165) is 42.7 Å². The van der Waals surface area contributed by atoms with Crippen LogP contribution >= 0.6 is 11.8 Å². The molecule has 0 saturated carbocycles. The van der Waals surface area contributed by atoms with E-state index in [2.05, 4.69) is 52.8 Å². The van der Waals surface area contributed by atoms with Crippen LogP contribution in [-0.4, -0.2) is 307 Å². The van der Waals surface area contributed by atoms with Crippen molar-refractivity contribution >= 4 is 123 Å². The number of nitrogens with two attached hydrogens (primary N) is 2. The Bertz CT molecular complexity index is 5200. The molecule has 15 amide bonds. The SMILES string of the molecule is CCCC[C@H]1C(=O)N2C[C@@H](O)C[C@@H]2C(=O)N[C@@H](CC(=O)O)C(=O)N[C@@H](C(C)C)C(=O)N(C)[C@@H](Cc2ccccc2)C(=O)N[C@@H](CCC(=O)O)C(=O)N2CCOC[C@@H]2C(=O)N[C@@H](Cc2c[nH]c3ccccc23)C(=O)N[C@@H](Cc2ccc(O)cc2)C(=O)N[C@@H](CCCN)C(=O)N[C@H](C(=O)NCC(N)=O)CSCC(=O)N[C@@H](Cc2ccc(F)c(F)c2)C(=O)N(C)[C@@H](Cc2ccccc2)C(=O)N1C. The van der Waals surface area contributed by atoms with E-state index in [1.165, 1.54) is 59.3 Å². The van der Waals surface area contributed by atoms with E-state index in [-0.39, 0.29) is 76.0 Å². The lowest BCUT2D eigenvalue weighted by Crippen LogP contribution is -2.64. The van der Waals surface area contributed by atoms with Gasteiger partial charge in [0.2, 0.25) is 88.6 Å². The van der Waals surface area contributed by atoms with Crippen molar-refractivity contribution < 1.29 is 115 Å². The molecular formula is C92H117F2N17O22S. The van der Waals surface area contributed by atoms with Crippen LogP contribution in [0, 0.1) is 17.6 Å². The van der Waals surface area contributed by atoms with Gasteiger partial charge in [0.15, 0.2) is 11.6 Å². The molecule has 3 fully saturated rings. The summed E-state index contributed by atoms with van der Waals surface area (Å²) in [6.07, 6.45) is -4.52. The Morgan fingerprint density at radius 1 is 0.545 bits per heavy atom. The number of benzene rings is 5. The van der Waals surface area contributed by atoms with Crippen molar-refractivity contribution in [2.75, 3.05) is 72.0 Å². The number of rotatable bonds is 25.